The highest BCUT2D eigenvalue weighted by Gasteiger charge is 2.24. The molecule has 0 saturated carbocycles. The molecule has 4 rings (SSSR count). The molecule has 1 saturated heterocycles. The fourth-order valence-corrected chi connectivity index (χ4v) is 3.62. The SMILES string of the molecule is Cc1nc(Nc2ccccn2)cc([C@H]2CCCN(Cc3nccn3C)C2)n1. The average Bonchev–Trinajstić information content (AvgIpc) is 3.07. The lowest BCUT2D eigenvalue weighted by Crippen LogP contribution is -2.35. The summed E-state index contributed by atoms with van der Waals surface area (Å²) >= 11 is 0. The van der Waals surface area contributed by atoms with Crippen LogP contribution in [0.25, 0.3) is 0 Å². The van der Waals surface area contributed by atoms with Crippen molar-refractivity contribution in [3.05, 3.63) is 60.2 Å². The quantitative estimate of drug-likeness (QED) is 0.751. The summed E-state index contributed by atoms with van der Waals surface area (Å²) in [7, 11) is 2.05. The van der Waals surface area contributed by atoms with Crippen molar-refractivity contribution in [1.29, 1.82) is 0 Å². The first-order valence-electron chi connectivity index (χ1n) is 9.39. The maximum atomic E-state index is 4.73. The Hall–Kier alpha value is -2.80. The van der Waals surface area contributed by atoms with Crippen LogP contribution >= 0.6 is 0 Å². The van der Waals surface area contributed by atoms with Crippen molar-refractivity contribution in [1.82, 2.24) is 29.4 Å². The standard InChI is InChI=1S/C20H25N7/c1-15-23-17(12-19(24-15)25-18-7-3-4-8-21-18)16-6-5-10-27(13-16)14-20-22-9-11-26(20)2/h3-4,7-9,11-12,16H,5-6,10,13-14H2,1-2H3,(H,21,23,24,25)/t16-/m0/s1. The zero-order chi connectivity index (χ0) is 18.6. The van der Waals surface area contributed by atoms with Crippen molar-refractivity contribution in [3.63, 3.8) is 0 Å². The third kappa shape index (κ3) is 4.31. The van der Waals surface area contributed by atoms with Gasteiger partial charge in [-0.05, 0) is 38.4 Å². The minimum atomic E-state index is 0.407. The Morgan fingerprint density at radius 1 is 1.15 bits per heavy atom. The first-order chi connectivity index (χ1) is 13.2. The lowest BCUT2D eigenvalue weighted by molar-refractivity contribution is 0.192. The molecule has 1 aliphatic rings. The number of hydrogen-bond acceptors (Lipinski definition) is 6. The van der Waals surface area contributed by atoms with Gasteiger partial charge in [0.15, 0.2) is 0 Å². The van der Waals surface area contributed by atoms with Crippen molar-refractivity contribution >= 4 is 11.6 Å². The largest absolute Gasteiger partial charge is 0.337 e. The second-order valence-corrected chi connectivity index (χ2v) is 7.09. The number of hydrogen-bond donors (Lipinski definition) is 1. The molecule has 0 bridgehead atoms. The summed E-state index contributed by atoms with van der Waals surface area (Å²) in [6.45, 7) is 4.92. The van der Waals surface area contributed by atoms with Crippen molar-refractivity contribution in [2.75, 3.05) is 18.4 Å². The molecule has 0 unspecified atom stereocenters. The van der Waals surface area contributed by atoms with Crippen LogP contribution in [0.15, 0.2) is 42.9 Å². The number of piperidine rings is 1. The summed E-state index contributed by atoms with van der Waals surface area (Å²) in [5.41, 5.74) is 1.10. The second-order valence-electron chi connectivity index (χ2n) is 7.09. The minimum absolute atomic E-state index is 0.407. The molecule has 1 atom stereocenters. The number of aromatic nitrogens is 5. The van der Waals surface area contributed by atoms with Crippen LogP contribution in [0.5, 0.6) is 0 Å². The highest BCUT2D eigenvalue weighted by Crippen LogP contribution is 2.28. The van der Waals surface area contributed by atoms with E-state index in [2.05, 4.69) is 35.8 Å². The summed E-state index contributed by atoms with van der Waals surface area (Å²) < 4.78 is 2.09. The molecule has 7 nitrogen and oxygen atoms in total. The summed E-state index contributed by atoms with van der Waals surface area (Å²) in [6, 6.07) is 7.86. The molecule has 1 N–H and O–H groups in total. The molecule has 7 heteroatoms. The van der Waals surface area contributed by atoms with E-state index in [4.69, 9.17) is 4.98 Å². The zero-order valence-corrected chi connectivity index (χ0v) is 15.8. The number of aryl methyl sites for hydroxylation is 2. The Kier molecular flexibility index (Phi) is 5.11. The summed E-state index contributed by atoms with van der Waals surface area (Å²) in [5, 5.41) is 3.29. The monoisotopic (exact) mass is 363 g/mol. The number of pyridine rings is 1. The molecule has 0 aromatic carbocycles. The fourth-order valence-electron chi connectivity index (χ4n) is 3.62. The molecular weight excluding hydrogens is 338 g/mol. The Labute approximate surface area is 159 Å². The maximum absolute atomic E-state index is 4.73. The van der Waals surface area contributed by atoms with Gasteiger partial charge < -0.3 is 9.88 Å². The van der Waals surface area contributed by atoms with Crippen molar-refractivity contribution in [2.24, 2.45) is 7.05 Å². The van der Waals surface area contributed by atoms with Crippen LogP contribution in [0.1, 0.15) is 36.1 Å². The Bertz CT molecular complexity index is 890. The predicted octanol–water partition coefficient (Wildman–Crippen LogP) is 3.04. The molecule has 0 spiro atoms. The lowest BCUT2D eigenvalue weighted by atomic mass is 9.94. The van der Waals surface area contributed by atoms with E-state index in [0.29, 0.717) is 5.92 Å². The van der Waals surface area contributed by atoms with Crippen LogP contribution in [-0.2, 0) is 13.6 Å². The molecule has 27 heavy (non-hydrogen) atoms. The Morgan fingerprint density at radius 2 is 2.07 bits per heavy atom. The van der Waals surface area contributed by atoms with Crippen LogP contribution in [0.4, 0.5) is 11.6 Å². The third-order valence-electron chi connectivity index (χ3n) is 4.99. The molecule has 1 fully saturated rings. The smallest absolute Gasteiger partial charge is 0.135 e. The number of imidazole rings is 1. The molecule has 0 aliphatic carbocycles. The van der Waals surface area contributed by atoms with E-state index in [9.17, 15) is 0 Å². The van der Waals surface area contributed by atoms with E-state index < -0.39 is 0 Å². The lowest BCUT2D eigenvalue weighted by Gasteiger charge is -2.32. The van der Waals surface area contributed by atoms with Gasteiger partial charge in [-0.1, -0.05) is 6.07 Å². The highest BCUT2D eigenvalue weighted by atomic mass is 15.2. The minimum Gasteiger partial charge on any atom is -0.337 e. The molecule has 3 aromatic heterocycles. The average molecular weight is 363 g/mol. The van der Waals surface area contributed by atoms with Crippen LogP contribution < -0.4 is 5.32 Å². The number of nitrogens with one attached hydrogen (secondary N) is 1. The van der Waals surface area contributed by atoms with Gasteiger partial charge in [0, 0.05) is 44.2 Å². The highest BCUT2D eigenvalue weighted by molar-refractivity contribution is 5.51. The van der Waals surface area contributed by atoms with Crippen LogP contribution in [0.2, 0.25) is 0 Å². The topological polar surface area (TPSA) is 71.8 Å². The predicted molar refractivity (Wildman–Crippen MR) is 105 cm³/mol. The van der Waals surface area contributed by atoms with E-state index in [0.717, 1.165) is 55.0 Å². The van der Waals surface area contributed by atoms with Gasteiger partial charge in [-0.25, -0.2) is 19.9 Å². The molecule has 0 amide bonds. The van der Waals surface area contributed by atoms with Gasteiger partial charge in [0.05, 0.1) is 12.2 Å². The van der Waals surface area contributed by atoms with E-state index in [1.807, 2.05) is 44.6 Å². The van der Waals surface area contributed by atoms with Gasteiger partial charge in [-0.3, -0.25) is 4.90 Å². The van der Waals surface area contributed by atoms with Gasteiger partial charge in [0.25, 0.3) is 0 Å². The Morgan fingerprint density at radius 3 is 2.85 bits per heavy atom. The van der Waals surface area contributed by atoms with Crippen molar-refractivity contribution in [2.45, 2.75) is 32.2 Å². The summed E-state index contributed by atoms with van der Waals surface area (Å²) in [5.74, 6) is 3.89. The van der Waals surface area contributed by atoms with E-state index in [1.165, 1.54) is 6.42 Å². The molecular formula is C20H25N7. The Balaban J connectivity index is 1.49. The first-order valence-corrected chi connectivity index (χ1v) is 9.39. The summed E-state index contributed by atoms with van der Waals surface area (Å²) in [4.78, 5) is 20.5. The number of nitrogens with zero attached hydrogens (tertiary/aromatic N) is 6. The number of anilines is 2. The van der Waals surface area contributed by atoms with Crippen LogP contribution in [0, 0.1) is 6.92 Å². The molecule has 140 valence electrons. The van der Waals surface area contributed by atoms with E-state index >= 15 is 0 Å². The summed E-state index contributed by atoms with van der Waals surface area (Å²) in [6.07, 6.45) is 7.95. The number of rotatable bonds is 5. The van der Waals surface area contributed by atoms with Gasteiger partial charge in [0.1, 0.15) is 23.3 Å². The molecule has 1 aliphatic heterocycles. The zero-order valence-electron chi connectivity index (χ0n) is 15.8. The van der Waals surface area contributed by atoms with Crippen molar-refractivity contribution < 1.29 is 0 Å². The van der Waals surface area contributed by atoms with Gasteiger partial charge in [-0.15, -0.1) is 0 Å². The fraction of sp³-hybridized carbons (Fsp3) is 0.400. The molecule has 3 aromatic rings. The van der Waals surface area contributed by atoms with Crippen LogP contribution in [0.3, 0.4) is 0 Å². The molecule has 4 heterocycles. The van der Waals surface area contributed by atoms with Gasteiger partial charge >= 0.3 is 0 Å². The number of likely N-dealkylation sites (tertiary alicyclic amines) is 1. The van der Waals surface area contributed by atoms with Crippen molar-refractivity contribution in [3.8, 4) is 0 Å². The third-order valence-corrected chi connectivity index (χ3v) is 4.99. The van der Waals surface area contributed by atoms with E-state index in [1.54, 1.807) is 6.20 Å². The maximum Gasteiger partial charge on any atom is 0.135 e. The van der Waals surface area contributed by atoms with Crippen LogP contribution in [-0.4, -0.2) is 42.5 Å². The van der Waals surface area contributed by atoms with Gasteiger partial charge in [-0.2, -0.15) is 0 Å². The van der Waals surface area contributed by atoms with Gasteiger partial charge in [0.2, 0.25) is 0 Å². The van der Waals surface area contributed by atoms with E-state index in [-0.39, 0.29) is 0 Å². The molecule has 0 radical (unpaired) electrons. The first kappa shape index (κ1) is 17.6. The second kappa shape index (κ2) is 7.84. The normalized spacial score (nSPS) is 17.8.